The number of carbonyl (C=O) groups is 1. The van der Waals surface area contributed by atoms with Crippen molar-refractivity contribution in [3.63, 3.8) is 0 Å². The number of hydrogen-bond acceptors (Lipinski definition) is 5. The van der Waals surface area contributed by atoms with Crippen molar-refractivity contribution in [3.8, 4) is 10.6 Å². The summed E-state index contributed by atoms with van der Waals surface area (Å²) in [7, 11) is 5.55. The molecule has 0 spiro atoms. The summed E-state index contributed by atoms with van der Waals surface area (Å²) in [5.41, 5.74) is 2.22. The van der Waals surface area contributed by atoms with E-state index < -0.39 is 0 Å². The van der Waals surface area contributed by atoms with E-state index >= 15 is 0 Å². The van der Waals surface area contributed by atoms with Gasteiger partial charge in [-0.3, -0.25) is 4.79 Å². The number of anilines is 1. The number of thiazole rings is 1. The van der Waals surface area contributed by atoms with E-state index in [1.54, 1.807) is 24.6 Å². The Morgan fingerprint density at radius 1 is 1.42 bits per heavy atom. The quantitative estimate of drug-likeness (QED) is 0.699. The van der Waals surface area contributed by atoms with Gasteiger partial charge < -0.3 is 14.6 Å². The molecule has 0 saturated carbocycles. The second-order valence-corrected chi connectivity index (χ2v) is 7.52. The second kappa shape index (κ2) is 6.57. The van der Waals surface area contributed by atoms with E-state index in [-0.39, 0.29) is 5.91 Å². The normalized spacial score (nSPS) is 11.0. The van der Waals surface area contributed by atoms with E-state index in [1.165, 1.54) is 0 Å². The van der Waals surface area contributed by atoms with Crippen LogP contribution < -0.4 is 10.2 Å². The Hall–Kier alpha value is -1.86. The van der Waals surface area contributed by atoms with Gasteiger partial charge >= 0.3 is 0 Å². The van der Waals surface area contributed by atoms with Gasteiger partial charge in [-0.1, -0.05) is 6.92 Å². The lowest BCUT2D eigenvalue weighted by molar-refractivity contribution is 0.0964. The van der Waals surface area contributed by atoms with E-state index in [4.69, 9.17) is 4.42 Å². The number of nitrogens with one attached hydrogen (secondary N) is 1. The highest BCUT2D eigenvalue weighted by molar-refractivity contribution is 9.10. The number of aryl methyl sites for hydroxylation is 1. The highest BCUT2D eigenvalue weighted by atomic mass is 79.9. The predicted molar refractivity (Wildman–Crippen MR) is 102 cm³/mol. The fraction of sp³-hybridized carbons (Fsp3) is 0.294. The Bertz CT molecular complexity index is 914. The number of benzene rings is 1. The minimum atomic E-state index is -0.167. The number of furan rings is 1. The highest BCUT2D eigenvalue weighted by Crippen LogP contribution is 2.40. The molecule has 0 saturated heterocycles. The first-order valence-electron chi connectivity index (χ1n) is 7.56. The molecule has 7 heteroatoms. The van der Waals surface area contributed by atoms with Gasteiger partial charge in [0.15, 0.2) is 5.76 Å². The molecule has 1 aromatic carbocycles. The Morgan fingerprint density at radius 3 is 2.75 bits per heavy atom. The van der Waals surface area contributed by atoms with E-state index in [1.807, 2.05) is 31.1 Å². The second-order valence-electron chi connectivity index (χ2n) is 5.55. The van der Waals surface area contributed by atoms with Crippen molar-refractivity contribution in [2.24, 2.45) is 0 Å². The van der Waals surface area contributed by atoms with Crippen LogP contribution in [0.25, 0.3) is 21.6 Å². The largest absolute Gasteiger partial charge is 0.454 e. The van der Waals surface area contributed by atoms with Crippen molar-refractivity contribution >= 4 is 49.8 Å². The summed E-state index contributed by atoms with van der Waals surface area (Å²) in [6.07, 6.45) is 2.63. The molecule has 0 unspecified atom stereocenters. The van der Waals surface area contributed by atoms with Gasteiger partial charge in [0.25, 0.3) is 5.91 Å². The minimum Gasteiger partial charge on any atom is -0.454 e. The van der Waals surface area contributed by atoms with Gasteiger partial charge in [-0.15, -0.1) is 11.3 Å². The van der Waals surface area contributed by atoms with Crippen LogP contribution in [0, 0.1) is 0 Å². The average molecular weight is 408 g/mol. The van der Waals surface area contributed by atoms with Crippen LogP contribution in [0.2, 0.25) is 0 Å². The van der Waals surface area contributed by atoms with E-state index in [9.17, 15) is 4.79 Å². The van der Waals surface area contributed by atoms with Crippen molar-refractivity contribution in [1.82, 2.24) is 10.3 Å². The molecule has 0 bridgehead atoms. The summed E-state index contributed by atoms with van der Waals surface area (Å²) in [4.78, 5) is 19.7. The number of hydrogen-bond donors (Lipinski definition) is 1. The van der Waals surface area contributed by atoms with Gasteiger partial charge in [0.1, 0.15) is 5.58 Å². The van der Waals surface area contributed by atoms with Crippen LogP contribution in [-0.4, -0.2) is 32.0 Å². The van der Waals surface area contributed by atoms with E-state index in [2.05, 4.69) is 33.2 Å². The van der Waals surface area contributed by atoms with Gasteiger partial charge in [-0.2, -0.15) is 0 Å². The van der Waals surface area contributed by atoms with Crippen molar-refractivity contribution in [3.05, 3.63) is 33.4 Å². The van der Waals surface area contributed by atoms with Crippen LogP contribution in [0.3, 0.4) is 0 Å². The monoisotopic (exact) mass is 407 g/mol. The maximum absolute atomic E-state index is 12.5. The maximum Gasteiger partial charge on any atom is 0.255 e. The Morgan fingerprint density at radius 2 is 2.17 bits per heavy atom. The molecular formula is C17H18BrN3O2S. The summed E-state index contributed by atoms with van der Waals surface area (Å²) in [6.45, 7) is 2.06. The molecule has 0 aliphatic rings. The lowest BCUT2D eigenvalue weighted by Gasteiger charge is -2.14. The number of nitrogens with zero attached hydrogens (tertiary/aromatic N) is 2. The summed E-state index contributed by atoms with van der Waals surface area (Å²) in [6, 6.07) is 3.88. The molecule has 0 radical (unpaired) electrons. The van der Waals surface area contributed by atoms with Gasteiger partial charge in [-0.25, -0.2) is 4.98 Å². The number of fused-ring (bicyclic) bond motifs is 1. The van der Waals surface area contributed by atoms with Gasteiger partial charge in [0, 0.05) is 43.3 Å². The predicted octanol–water partition coefficient (Wildman–Crippen LogP) is 4.31. The molecule has 0 aliphatic heterocycles. The Kier molecular flexibility index (Phi) is 4.64. The van der Waals surface area contributed by atoms with E-state index in [0.29, 0.717) is 16.9 Å². The summed E-state index contributed by atoms with van der Waals surface area (Å²) >= 11 is 5.13. The smallest absolute Gasteiger partial charge is 0.255 e. The molecule has 2 heterocycles. The molecular weight excluding hydrogens is 390 g/mol. The number of aromatic nitrogens is 1. The Labute approximate surface area is 152 Å². The Balaban J connectivity index is 2.29. The fourth-order valence-corrected chi connectivity index (χ4v) is 4.09. The third-order valence-electron chi connectivity index (χ3n) is 3.77. The molecule has 126 valence electrons. The summed E-state index contributed by atoms with van der Waals surface area (Å²) in [5, 5.41) is 4.51. The first-order valence-corrected chi connectivity index (χ1v) is 9.17. The molecule has 2 aromatic heterocycles. The van der Waals surface area contributed by atoms with Crippen LogP contribution in [0.4, 0.5) is 5.69 Å². The maximum atomic E-state index is 12.5. The van der Waals surface area contributed by atoms with Crippen molar-refractivity contribution < 1.29 is 9.21 Å². The van der Waals surface area contributed by atoms with Crippen LogP contribution >= 0.6 is 27.3 Å². The average Bonchev–Trinajstić information content (AvgIpc) is 3.16. The van der Waals surface area contributed by atoms with E-state index in [0.717, 1.165) is 31.9 Å². The molecule has 5 nitrogen and oxygen atoms in total. The highest BCUT2D eigenvalue weighted by Gasteiger charge is 2.24. The van der Waals surface area contributed by atoms with Gasteiger partial charge in [-0.05, 0) is 28.4 Å². The molecule has 0 atom stereocenters. The topological polar surface area (TPSA) is 58.4 Å². The minimum absolute atomic E-state index is 0.167. The number of amides is 1. The van der Waals surface area contributed by atoms with Gasteiger partial charge in [0.2, 0.25) is 0 Å². The van der Waals surface area contributed by atoms with Crippen LogP contribution in [0.1, 0.15) is 22.3 Å². The molecule has 1 N–H and O–H groups in total. The van der Waals surface area contributed by atoms with Crippen molar-refractivity contribution in [1.29, 1.82) is 0 Å². The molecule has 3 aromatic rings. The standard InChI is InChI=1S/C17H18BrN3O2S/c1-5-14-20-8-13(24-14)16-15(17(22)19-2)9-6-10(18)11(21(3)4)7-12(9)23-16/h6-8H,5H2,1-4H3,(H,19,22). The zero-order chi connectivity index (χ0) is 17.4. The summed E-state index contributed by atoms with van der Waals surface area (Å²) in [5.74, 6) is 0.407. The number of rotatable bonds is 4. The molecule has 1 amide bonds. The van der Waals surface area contributed by atoms with Crippen LogP contribution in [0.5, 0.6) is 0 Å². The van der Waals surface area contributed by atoms with Crippen LogP contribution in [-0.2, 0) is 6.42 Å². The van der Waals surface area contributed by atoms with Crippen molar-refractivity contribution in [2.45, 2.75) is 13.3 Å². The lowest BCUT2D eigenvalue weighted by Crippen LogP contribution is -2.18. The van der Waals surface area contributed by atoms with Crippen LogP contribution in [0.15, 0.2) is 27.2 Å². The summed E-state index contributed by atoms with van der Waals surface area (Å²) < 4.78 is 6.99. The first kappa shape index (κ1) is 17.0. The fourth-order valence-electron chi connectivity index (χ4n) is 2.55. The SMILES string of the molecule is CCc1ncc(-c2oc3cc(N(C)C)c(Br)cc3c2C(=O)NC)s1. The first-order chi connectivity index (χ1) is 11.5. The van der Waals surface area contributed by atoms with Gasteiger partial charge in [0.05, 0.1) is 21.1 Å². The zero-order valence-corrected chi connectivity index (χ0v) is 16.3. The molecule has 24 heavy (non-hydrogen) atoms. The zero-order valence-electron chi connectivity index (χ0n) is 13.9. The third kappa shape index (κ3) is 2.82. The molecule has 0 fully saturated rings. The number of carbonyl (C=O) groups excluding carboxylic acids is 1. The molecule has 0 aliphatic carbocycles. The van der Waals surface area contributed by atoms with Crippen molar-refractivity contribution in [2.75, 3.05) is 26.0 Å². The molecule has 3 rings (SSSR count). The number of halogens is 1. The lowest BCUT2D eigenvalue weighted by atomic mass is 10.1. The third-order valence-corrected chi connectivity index (χ3v) is 5.55.